The smallest absolute Gasteiger partial charge is 0.333 e. The maximum absolute atomic E-state index is 13.7. The predicted molar refractivity (Wildman–Crippen MR) is 126 cm³/mol. The molecule has 0 bridgehead atoms. The summed E-state index contributed by atoms with van der Waals surface area (Å²) in [5.74, 6) is -0.221. The first-order chi connectivity index (χ1) is 16.0. The Morgan fingerprint density at radius 3 is 2.59 bits per heavy atom. The minimum absolute atomic E-state index is 0.00600. The molecule has 184 valence electrons. The molecule has 2 heterocycles. The highest BCUT2D eigenvalue weighted by atomic mass is 16.5. The van der Waals surface area contributed by atoms with Crippen LogP contribution >= 0.6 is 0 Å². The number of Topliss-reactive ketones (excluding diaryl/α,β-unsaturated/α-hetero) is 1. The summed E-state index contributed by atoms with van der Waals surface area (Å²) < 4.78 is 12.1. The van der Waals surface area contributed by atoms with Crippen LogP contribution in [0.15, 0.2) is 29.3 Å². The monoisotopic (exact) mass is 468 g/mol. The fourth-order valence-corrected chi connectivity index (χ4v) is 7.49. The zero-order chi connectivity index (χ0) is 24.6. The molecule has 2 saturated carbocycles. The second-order valence-corrected chi connectivity index (χ2v) is 11.3. The van der Waals surface area contributed by atoms with Crippen molar-refractivity contribution < 1.29 is 29.3 Å². The molecule has 8 atom stereocenters. The van der Waals surface area contributed by atoms with E-state index in [0.29, 0.717) is 18.4 Å². The van der Waals surface area contributed by atoms with Gasteiger partial charge in [0.15, 0.2) is 0 Å². The summed E-state index contributed by atoms with van der Waals surface area (Å²) in [6, 6.07) is 5.49. The third-order valence-electron chi connectivity index (χ3n) is 9.98. The summed E-state index contributed by atoms with van der Waals surface area (Å²) in [5, 5.41) is 22.3. The predicted octanol–water partition coefficient (Wildman–Crippen LogP) is 4.56. The number of aromatic hydroxyl groups is 1. The lowest BCUT2D eigenvalue weighted by molar-refractivity contribution is -0.183. The molecule has 3 fully saturated rings. The normalized spacial score (nSPS) is 40.7. The standard InChI is InChI=1S/C28H36O6/c1-14-11-22(34-26(31)15(14)2)17(4)28(32)10-9-20-19-12-23(18-7-6-8-21(29)16(18)3)33-24(19)13-25(30)27(20,28)5/h6-8,17,19-20,22-24,29,32H,9-13H2,1-5H3. The van der Waals surface area contributed by atoms with Crippen molar-refractivity contribution in [2.45, 2.75) is 90.6 Å². The van der Waals surface area contributed by atoms with Gasteiger partial charge >= 0.3 is 5.97 Å². The van der Waals surface area contributed by atoms with E-state index < -0.39 is 17.1 Å². The first kappa shape index (κ1) is 23.6. The molecule has 6 nitrogen and oxygen atoms in total. The lowest BCUT2D eigenvalue weighted by Gasteiger charge is -2.51. The van der Waals surface area contributed by atoms with E-state index in [0.717, 1.165) is 29.5 Å². The van der Waals surface area contributed by atoms with Crippen molar-refractivity contribution in [3.8, 4) is 5.75 Å². The van der Waals surface area contributed by atoms with E-state index in [4.69, 9.17) is 9.47 Å². The largest absolute Gasteiger partial charge is 0.508 e. The van der Waals surface area contributed by atoms with Crippen molar-refractivity contribution in [1.29, 1.82) is 0 Å². The fraction of sp³-hybridized carbons (Fsp3) is 0.643. The average molecular weight is 469 g/mol. The molecule has 0 spiro atoms. The number of ketones is 1. The van der Waals surface area contributed by atoms with Gasteiger partial charge in [-0.3, -0.25) is 4.79 Å². The Labute approximate surface area is 201 Å². The van der Waals surface area contributed by atoms with Gasteiger partial charge < -0.3 is 19.7 Å². The third kappa shape index (κ3) is 3.14. The molecule has 0 aromatic heterocycles. The fourth-order valence-electron chi connectivity index (χ4n) is 7.49. The van der Waals surface area contributed by atoms with Crippen LogP contribution in [-0.4, -0.2) is 39.8 Å². The molecule has 34 heavy (non-hydrogen) atoms. The topological polar surface area (TPSA) is 93.1 Å². The highest BCUT2D eigenvalue weighted by molar-refractivity contribution is 5.90. The van der Waals surface area contributed by atoms with E-state index in [9.17, 15) is 19.8 Å². The second kappa shape index (κ2) is 7.92. The molecule has 2 N–H and O–H groups in total. The minimum atomic E-state index is -1.24. The summed E-state index contributed by atoms with van der Waals surface area (Å²) in [7, 11) is 0. The van der Waals surface area contributed by atoms with Gasteiger partial charge in [0.1, 0.15) is 17.6 Å². The number of cyclic esters (lactones) is 1. The average Bonchev–Trinajstić information content (AvgIpc) is 3.33. The van der Waals surface area contributed by atoms with E-state index in [1.54, 1.807) is 13.0 Å². The van der Waals surface area contributed by atoms with Gasteiger partial charge in [-0.15, -0.1) is 0 Å². The van der Waals surface area contributed by atoms with Crippen LogP contribution < -0.4 is 0 Å². The summed E-state index contributed by atoms with van der Waals surface area (Å²) in [6.45, 7) is 9.48. The number of benzene rings is 1. The van der Waals surface area contributed by atoms with Gasteiger partial charge in [-0.2, -0.15) is 0 Å². The summed E-state index contributed by atoms with van der Waals surface area (Å²) >= 11 is 0. The van der Waals surface area contributed by atoms with Gasteiger partial charge in [-0.25, -0.2) is 4.79 Å². The molecule has 8 unspecified atom stereocenters. The molecule has 1 aromatic rings. The highest BCUT2D eigenvalue weighted by Gasteiger charge is 2.69. The number of phenolic OH excluding ortho intramolecular Hbond substituents is 1. The zero-order valence-electron chi connectivity index (χ0n) is 20.8. The van der Waals surface area contributed by atoms with E-state index in [1.807, 2.05) is 39.8 Å². The quantitative estimate of drug-likeness (QED) is 0.632. The summed E-state index contributed by atoms with van der Waals surface area (Å²) in [6.07, 6.45) is 2.11. The molecule has 5 rings (SSSR count). The van der Waals surface area contributed by atoms with Crippen molar-refractivity contribution in [2.75, 3.05) is 0 Å². The van der Waals surface area contributed by atoms with Crippen molar-refractivity contribution >= 4 is 11.8 Å². The number of esters is 1. The van der Waals surface area contributed by atoms with Crippen LogP contribution in [0.4, 0.5) is 0 Å². The van der Waals surface area contributed by atoms with Crippen LogP contribution in [0, 0.1) is 30.1 Å². The SMILES string of the molecule is CC1=C(C)C(=O)OC(C(C)C2(O)CCC3C4CC(c5cccc(O)c5C)OC4CC(=O)C32C)C1. The van der Waals surface area contributed by atoms with Crippen LogP contribution in [0.25, 0.3) is 0 Å². The van der Waals surface area contributed by atoms with Crippen LogP contribution in [0.1, 0.15) is 77.0 Å². The molecule has 0 radical (unpaired) electrons. The van der Waals surface area contributed by atoms with Gasteiger partial charge in [-0.1, -0.05) is 24.6 Å². The van der Waals surface area contributed by atoms with Gasteiger partial charge in [0.05, 0.1) is 23.2 Å². The van der Waals surface area contributed by atoms with Crippen LogP contribution in [0.3, 0.4) is 0 Å². The Morgan fingerprint density at radius 1 is 1.15 bits per heavy atom. The Hall–Kier alpha value is -2.18. The van der Waals surface area contributed by atoms with E-state index >= 15 is 0 Å². The minimum Gasteiger partial charge on any atom is -0.508 e. The molecule has 1 aromatic carbocycles. The maximum atomic E-state index is 13.7. The third-order valence-corrected chi connectivity index (χ3v) is 9.98. The number of rotatable bonds is 3. The van der Waals surface area contributed by atoms with Crippen LogP contribution in [0.2, 0.25) is 0 Å². The first-order valence-corrected chi connectivity index (χ1v) is 12.6. The molecular formula is C28H36O6. The Kier molecular flexibility index (Phi) is 5.49. The zero-order valence-corrected chi connectivity index (χ0v) is 20.8. The Bertz CT molecular complexity index is 1070. The van der Waals surface area contributed by atoms with E-state index in [2.05, 4.69) is 0 Å². The maximum Gasteiger partial charge on any atom is 0.333 e. The van der Waals surface area contributed by atoms with Gasteiger partial charge in [0.2, 0.25) is 0 Å². The number of carbonyl (C=O) groups excluding carboxylic acids is 2. The lowest BCUT2D eigenvalue weighted by atomic mass is 9.55. The second-order valence-electron chi connectivity index (χ2n) is 11.3. The Balaban J connectivity index is 1.43. The van der Waals surface area contributed by atoms with E-state index in [-0.39, 0.29) is 53.9 Å². The molecule has 1 saturated heterocycles. The first-order valence-electron chi connectivity index (χ1n) is 12.6. The van der Waals surface area contributed by atoms with Crippen molar-refractivity contribution in [3.05, 3.63) is 40.5 Å². The molecule has 4 aliphatic rings. The van der Waals surface area contributed by atoms with Crippen molar-refractivity contribution in [3.63, 3.8) is 0 Å². The van der Waals surface area contributed by atoms with Crippen LogP contribution in [0.5, 0.6) is 5.75 Å². The number of hydrogen-bond acceptors (Lipinski definition) is 6. The summed E-state index contributed by atoms with van der Waals surface area (Å²) in [5.41, 5.74) is 1.26. The van der Waals surface area contributed by atoms with Crippen LogP contribution in [-0.2, 0) is 19.1 Å². The Morgan fingerprint density at radius 2 is 1.88 bits per heavy atom. The number of fused-ring (bicyclic) bond motifs is 3. The van der Waals surface area contributed by atoms with Crippen molar-refractivity contribution in [1.82, 2.24) is 0 Å². The van der Waals surface area contributed by atoms with Gasteiger partial charge in [-0.05, 0) is 76.0 Å². The van der Waals surface area contributed by atoms with Gasteiger partial charge in [0, 0.05) is 24.3 Å². The lowest BCUT2D eigenvalue weighted by Crippen LogP contribution is -2.61. The van der Waals surface area contributed by atoms with Crippen molar-refractivity contribution in [2.24, 2.45) is 23.2 Å². The number of aliphatic hydroxyl groups is 1. The van der Waals surface area contributed by atoms with Gasteiger partial charge in [0.25, 0.3) is 0 Å². The molecule has 6 heteroatoms. The van der Waals surface area contributed by atoms with E-state index in [1.165, 1.54) is 0 Å². The number of hydrogen-bond donors (Lipinski definition) is 2. The molecular weight excluding hydrogens is 432 g/mol. The summed E-state index contributed by atoms with van der Waals surface area (Å²) in [4.78, 5) is 26.1. The number of ether oxygens (including phenoxy) is 2. The number of carbonyl (C=O) groups is 2. The molecule has 0 amide bonds. The molecule has 2 aliphatic heterocycles. The number of phenols is 1. The highest BCUT2D eigenvalue weighted by Crippen LogP contribution is 2.64. The molecule has 2 aliphatic carbocycles.